The first-order chi connectivity index (χ1) is 16.8. The molecular formula is C27H31N5O3. The van der Waals surface area contributed by atoms with E-state index < -0.39 is 6.04 Å². The van der Waals surface area contributed by atoms with Crippen molar-refractivity contribution in [3.05, 3.63) is 81.4 Å². The second kappa shape index (κ2) is 10.1. The van der Waals surface area contributed by atoms with Crippen LogP contribution in [0.25, 0.3) is 16.6 Å². The summed E-state index contributed by atoms with van der Waals surface area (Å²) in [6.45, 7) is 10.5. The molecule has 1 amide bonds. The fourth-order valence-corrected chi connectivity index (χ4v) is 4.25. The minimum atomic E-state index is -0.738. The number of nitrogens with one attached hydrogen (secondary N) is 1. The van der Waals surface area contributed by atoms with Crippen LogP contribution < -0.4 is 15.6 Å². The van der Waals surface area contributed by atoms with Crippen LogP contribution in [0.2, 0.25) is 0 Å². The fraction of sp³-hybridized carbons (Fsp3) is 0.333. The van der Waals surface area contributed by atoms with Crippen LogP contribution >= 0.6 is 0 Å². The zero-order valence-corrected chi connectivity index (χ0v) is 20.8. The molecule has 0 fully saturated rings. The molecule has 1 N–H and O–H groups in total. The van der Waals surface area contributed by atoms with Crippen LogP contribution in [0.15, 0.2) is 53.3 Å². The molecule has 0 aliphatic carbocycles. The quantitative estimate of drug-likeness (QED) is 0.415. The van der Waals surface area contributed by atoms with E-state index >= 15 is 0 Å². The third-order valence-electron chi connectivity index (χ3n) is 6.11. The van der Waals surface area contributed by atoms with Crippen molar-refractivity contribution in [2.45, 2.75) is 53.6 Å². The smallest absolute Gasteiger partial charge is 0.295 e. The highest BCUT2D eigenvalue weighted by atomic mass is 16.5. The van der Waals surface area contributed by atoms with Gasteiger partial charge in [0, 0.05) is 6.54 Å². The Labute approximate surface area is 204 Å². The van der Waals surface area contributed by atoms with Crippen molar-refractivity contribution >= 4 is 16.8 Å². The van der Waals surface area contributed by atoms with Gasteiger partial charge >= 0.3 is 0 Å². The van der Waals surface area contributed by atoms with Crippen LogP contribution in [0.5, 0.6) is 5.75 Å². The number of benzene rings is 2. The fourth-order valence-electron chi connectivity index (χ4n) is 4.25. The van der Waals surface area contributed by atoms with Gasteiger partial charge in [-0.15, -0.1) is 0 Å². The molecule has 0 spiro atoms. The highest BCUT2D eigenvalue weighted by Crippen LogP contribution is 2.22. The van der Waals surface area contributed by atoms with Crippen LogP contribution in [0.4, 0.5) is 0 Å². The minimum Gasteiger partial charge on any atom is -0.494 e. The number of hydrogen-bond acceptors (Lipinski definition) is 5. The van der Waals surface area contributed by atoms with Crippen molar-refractivity contribution in [1.82, 2.24) is 24.9 Å². The molecule has 0 aliphatic heterocycles. The van der Waals surface area contributed by atoms with Gasteiger partial charge in [0.05, 0.1) is 29.1 Å². The number of hydrogen-bond donors (Lipinski definition) is 1. The molecule has 8 heteroatoms. The van der Waals surface area contributed by atoms with Gasteiger partial charge in [0.2, 0.25) is 5.91 Å². The van der Waals surface area contributed by atoms with E-state index in [1.165, 1.54) is 4.68 Å². The SMILES string of the molecule is CCOc1ccc(CNC(=O)[C@@H](CC)n2nc(C)c3c(C)n(-c4ccc(C)cc4)nc3c2=O)cc1. The molecule has 8 nitrogen and oxygen atoms in total. The summed E-state index contributed by atoms with van der Waals surface area (Å²) in [6, 6.07) is 14.8. The maximum Gasteiger partial charge on any atom is 0.295 e. The molecule has 0 saturated carbocycles. The largest absolute Gasteiger partial charge is 0.494 e. The highest BCUT2D eigenvalue weighted by molar-refractivity contribution is 5.84. The molecule has 2 aromatic heterocycles. The van der Waals surface area contributed by atoms with E-state index in [2.05, 4.69) is 15.5 Å². The number of aryl methyl sites for hydroxylation is 3. The molecular weight excluding hydrogens is 442 g/mol. The molecule has 4 rings (SSSR count). The third kappa shape index (κ3) is 4.82. The molecule has 0 bridgehead atoms. The Kier molecular flexibility index (Phi) is 7.00. The maximum atomic E-state index is 13.4. The van der Waals surface area contributed by atoms with Gasteiger partial charge in [-0.25, -0.2) is 9.36 Å². The predicted molar refractivity (Wildman–Crippen MR) is 136 cm³/mol. The van der Waals surface area contributed by atoms with E-state index in [0.717, 1.165) is 33.6 Å². The number of amides is 1. The van der Waals surface area contributed by atoms with Crippen molar-refractivity contribution in [3.63, 3.8) is 0 Å². The van der Waals surface area contributed by atoms with Gasteiger partial charge in [0.15, 0.2) is 5.52 Å². The zero-order valence-electron chi connectivity index (χ0n) is 20.8. The summed E-state index contributed by atoms with van der Waals surface area (Å²) in [5.74, 6) is 0.526. The molecule has 2 heterocycles. The number of carbonyl (C=O) groups is 1. The van der Waals surface area contributed by atoms with Crippen molar-refractivity contribution in [1.29, 1.82) is 0 Å². The van der Waals surface area contributed by atoms with E-state index in [4.69, 9.17) is 4.74 Å². The number of ether oxygens (including phenoxy) is 1. The van der Waals surface area contributed by atoms with Crippen molar-refractivity contribution in [2.24, 2.45) is 0 Å². The van der Waals surface area contributed by atoms with Gasteiger partial charge < -0.3 is 10.1 Å². The van der Waals surface area contributed by atoms with Crippen LogP contribution in [-0.4, -0.2) is 32.1 Å². The molecule has 2 aromatic carbocycles. The average molecular weight is 474 g/mol. The summed E-state index contributed by atoms with van der Waals surface area (Å²) in [5.41, 5.74) is 4.39. The number of rotatable bonds is 8. The normalized spacial score (nSPS) is 12.0. The summed E-state index contributed by atoms with van der Waals surface area (Å²) >= 11 is 0. The lowest BCUT2D eigenvalue weighted by molar-refractivity contribution is -0.125. The predicted octanol–water partition coefficient (Wildman–Crippen LogP) is 4.17. The first-order valence-electron chi connectivity index (χ1n) is 11.9. The first kappa shape index (κ1) is 24.2. The van der Waals surface area contributed by atoms with E-state index in [1.807, 2.05) is 83.1 Å². The van der Waals surface area contributed by atoms with Gasteiger partial charge in [0.25, 0.3) is 5.56 Å². The lowest BCUT2D eigenvalue weighted by Gasteiger charge is -2.17. The van der Waals surface area contributed by atoms with E-state index in [0.29, 0.717) is 30.8 Å². The number of carbonyl (C=O) groups excluding carboxylic acids is 1. The minimum absolute atomic E-state index is 0.260. The third-order valence-corrected chi connectivity index (χ3v) is 6.11. The Balaban J connectivity index is 1.63. The number of nitrogens with zero attached hydrogens (tertiary/aromatic N) is 4. The van der Waals surface area contributed by atoms with Gasteiger partial charge in [-0.3, -0.25) is 9.59 Å². The Morgan fingerprint density at radius 2 is 1.69 bits per heavy atom. The average Bonchev–Trinajstić information content (AvgIpc) is 3.21. The van der Waals surface area contributed by atoms with Crippen LogP contribution in [0.3, 0.4) is 0 Å². The Morgan fingerprint density at radius 3 is 2.31 bits per heavy atom. The van der Waals surface area contributed by atoms with Crippen molar-refractivity contribution in [2.75, 3.05) is 6.61 Å². The standard InChI is InChI=1S/C27H31N5O3/c1-6-23(26(33)28-16-20-10-14-22(15-11-20)35-7-2)32-27(34)25-24(18(4)29-32)19(5)31(30-25)21-12-8-17(3)9-13-21/h8-15,23H,6-7,16H2,1-5H3,(H,28,33)/t23-/m1/s1. The maximum absolute atomic E-state index is 13.4. The summed E-state index contributed by atoms with van der Waals surface area (Å²) < 4.78 is 8.50. The molecule has 0 saturated heterocycles. The molecule has 1 atom stereocenters. The monoisotopic (exact) mass is 473 g/mol. The summed E-state index contributed by atoms with van der Waals surface area (Å²) in [6.07, 6.45) is 0.421. The lowest BCUT2D eigenvalue weighted by Crippen LogP contribution is -2.38. The Morgan fingerprint density at radius 1 is 1.00 bits per heavy atom. The summed E-state index contributed by atoms with van der Waals surface area (Å²) in [4.78, 5) is 26.5. The molecule has 0 aliphatic rings. The van der Waals surface area contributed by atoms with Gasteiger partial charge in [0.1, 0.15) is 11.8 Å². The van der Waals surface area contributed by atoms with E-state index in [-0.39, 0.29) is 11.5 Å². The summed E-state index contributed by atoms with van der Waals surface area (Å²) in [5, 5.41) is 12.8. The molecule has 0 unspecified atom stereocenters. The van der Waals surface area contributed by atoms with Crippen LogP contribution in [0.1, 0.15) is 48.8 Å². The zero-order chi connectivity index (χ0) is 25.1. The Hall–Kier alpha value is -3.94. The second-order valence-corrected chi connectivity index (χ2v) is 8.61. The van der Waals surface area contributed by atoms with Crippen molar-refractivity contribution < 1.29 is 9.53 Å². The first-order valence-corrected chi connectivity index (χ1v) is 11.9. The highest BCUT2D eigenvalue weighted by Gasteiger charge is 2.25. The molecule has 182 valence electrons. The molecule has 4 aromatic rings. The van der Waals surface area contributed by atoms with Gasteiger partial charge in [-0.05, 0) is 63.9 Å². The number of fused-ring (bicyclic) bond motifs is 1. The second-order valence-electron chi connectivity index (χ2n) is 8.61. The molecule has 35 heavy (non-hydrogen) atoms. The topological polar surface area (TPSA) is 91.0 Å². The van der Waals surface area contributed by atoms with E-state index in [1.54, 1.807) is 4.68 Å². The lowest BCUT2D eigenvalue weighted by atomic mass is 10.1. The van der Waals surface area contributed by atoms with Crippen LogP contribution in [-0.2, 0) is 11.3 Å². The van der Waals surface area contributed by atoms with Gasteiger partial charge in [-0.2, -0.15) is 10.2 Å². The van der Waals surface area contributed by atoms with E-state index in [9.17, 15) is 9.59 Å². The van der Waals surface area contributed by atoms with Gasteiger partial charge in [-0.1, -0.05) is 36.8 Å². The Bertz CT molecular complexity index is 1400. The summed E-state index contributed by atoms with van der Waals surface area (Å²) in [7, 11) is 0. The van der Waals surface area contributed by atoms with Crippen LogP contribution in [0, 0.1) is 20.8 Å². The van der Waals surface area contributed by atoms with Crippen molar-refractivity contribution in [3.8, 4) is 11.4 Å². The number of aromatic nitrogens is 4. The molecule has 0 radical (unpaired) electrons.